The number of hydrogen-bond acceptors (Lipinski definition) is 5. The van der Waals surface area contributed by atoms with E-state index in [1.54, 1.807) is 23.0 Å². The molecule has 3 aromatic rings. The van der Waals surface area contributed by atoms with E-state index in [2.05, 4.69) is 41.2 Å². The number of amides is 1. The summed E-state index contributed by atoms with van der Waals surface area (Å²) in [6.45, 7) is 3.26. The molecule has 0 spiro atoms. The third kappa shape index (κ3) is 2.79. The molecule has 0 radical (unpaired) electrons. The number of aromatic amines is 1. The van der Waals surface area contributed by atoms with Crippen molar-refractivity contribution in [2.24, 2.45) is 0 Å². The van der Waals surface area contributed by atoms with Gasteiger partial charge in [-0.05, 0) is 35.7 Å². The Morgan fingerprint density at radius 3 is 2.88 bits per heavy atom. The Bertz CT molecular complexity index is 894. The Morgan fingerprint density at radius 1 is 1.38 bits per heavy atom. The normalized spacial score (nSPS) is 16.0. The van der Waals surface area contributed by atoms with Crippen molar-refractivity contribution in [1.82, 2.24) is 34.7 Å². The number of aryl methyl sites for hydroxylation is 1. The molecule has 8 nitrogen and oxygen atoms in total. The zero-order chi connectivity index (χ0) is 16.7. The number of fused-ring (bicyclic) bond motifs is 1. The molecule has 1 N–H and O–H groups in total. The van der Waals surface area contributed by atoms with E-state index < -0.39 is 0 Å². The first-order valence-electron chi connectivity index (χ1n) is 7.79. The molecule has 3 aromatic heterocycles. The smallest absolute Gasteiger partial charge is 0.274 e. The lowest BCUT2D eigenvalue weighted by atomic mass is 9.96. The van der Waals surface area contributed by atoms with E-state index in [9.17, 15) is 4.79 Å². The maximum Gasteiger partial charge on any atom is 0.274 e. The maximum absolute atomic E-state index is 12.7. The number of carbonyl (C=O) groups excluding carboxylic acids is 1. The van der Waals surface area contributed by atoms with Gasteiger partial charge in [-0.15, -0.1) is 0 Å². The summed E-state index contributed by atoms with van der Waals surface area (Å²) in [5.41, 5.74) is 1.08. The van der Waals surface area contributed by atoms with Crippen LogP contribution >= 0.6 is 15.9 Å². The Balaban J connectivity index is 1.47. The molecule has 0 aliphatic carbocycles. The zero-order valence-electron chi connectivity index (χ0n) is 13.1. The van der Waals surface area contributed by atoms with Crippen LogP contribution in [-0.2, 0) is 0 Å². The fourth-order valence-corrected chi connectivity index (χ4v) is 3.30. The molecule has 124 valence electrons. The summed E-state index contributed by atoms with van der Waals surface area (Å²) >= 11 is 3.35. The third-order valence-electron chi connectivity index (χ3n) is 4.26. The summed E-state index contributed by atoms with van der Waals surface area (Å²) in [5, 5.41) is 11.4. The number of H-pyrrole nitrogens is 1. The zero-order valence-corrected chi connectivity index (χ0v) is 14.7. The number of aromatic nitrogens is 6. The van der Waals surface area contributed by atoms with Crippen LogP contribution in [0, 0.1) is 6.92 Å². The van der Waals surface area contributed by atoms with Gasteiger partial charge in [0.25, 0.3) is 5.91 Å². The van der Waals surface area contributed by atoms with Gasteiger partial charge < -0.3 is 4.90 Å². The number of rotatable bonds is 2. The predicted octanol–water partition coefficient (Wildman–Crippen LogP) is 1.94. The number of hydrogen-bond donors (Lipinski definition) is 1. The van der Waals surface area contributed by atoms with Gasteiger partial charge in [-0.2, -0.15) is 10.2 Å². The summed E-state index contributed by atoms with van der Waals surface area (Å²) in [6, 6.07) is 1.72. The van der Waals surface area contributed by atoms with Crippen LogP contribution in [-0.4, -0.2) is 53.7 Å². The van der Waals surface area contributed by atoms with Gasteiger partial charge in [0.05, 0.1) is 4.47 Å². The summed E-state index contributed by atoms with van der Waals surface area (Å²) in [6.07, 6.45) is 5.20. The van der Waals surface area contributed by atoms with Crippen LogP contribution in [0.2, 0.25) is 0 Å². The lowest BCUT2D eigenvalue weighted by molar-refractivity contribution is 0.0705. The van der Waals surface area contributed by atoms with Gasteiger partial charge in [-0.25, -0.2) is 14.5 Å². The van der Waals surface area contributed by atoms with Gasteiger partial charge in [-0.1, -0.05) is 0 Å². The number of carbonyl (C=O) groups is 1. The van der Waals surface area contributed by atoms with Crippen LogP contribution in [0.3, 0.4) is 0 Å². The average molecular weight is 390 g/mol. The Morgan fingerprint density at radius 2 is 2.17 bits per heavy atom. The molecule has 0 aromatic carbocycles. The van der Waals surface area contributed by atoms with Crippen LogP contribution in [0.5, 0.6) is 0 Å². The number of halogens is 1. The summed E-state index contributed by atoms with van der Waals surface area (Å²) < 4.78 is 2.43. The monoisotopic (exact) mass is 389 g/mol. The van der Waals surface area contributed by atoms with Gasteiger partial charge in [-0.3, -0.25) is 9.89 Å². The van der Waals surface area contributed by atoms with E-state index in [-0.39, 0.29) is 5.91 Å². The first-order chi connectivity index (χ1) is 11.6. The predicted molar refractivity (Wildman–Crippen MR) is 89.7 cm³/mol. The topological polar surface area (TPSA) is 92.1 Å². The van der Waals surface area contributed by atoms with Gasteiger partial charge in [0.1, 0.15) is 5.82 Å². The first kappa shape index (κ1) is 15.3. The summed E-state index contributed by atoms with van der Waals surface area (Å²) in [7, 11) is 0. The lowest BCUT2D eigenvalue weighted by Crippen LogP contribution is -2.38. The van der Waals surface area contributed by atoms with Crippen molar-refractivity contribution in [2.45, 2.75) is 25.7 Å². The number of piperidine rings is 1. The molecule has 1 aliphatic rings. The molecule has 1 aliphatic heterocycles. The van der Waals surface area contributed by atoms with Crippen molar-refractivity contribution in [3.63, 3.8) is 0 Å². The molecule has 0 unspecified atom stereocenters. The van der Waals surface area contributed by atoms with E-state index in [0.717, 1.165) is 29.0 Å². The second-order valence-corrected chi connectivity index (χ2v) is 6.87. The fourth-order valence-electron chi connectivity index (χ4n) is 3.00. The van der Waals surface area contributed by atoms with Crippen LogP contribution in [0.15, 0.2) is 22.9 Å². The second-order valence-electron chi connectivity index (χ2n) is 5.95. The molecule has 1 amide bonds. The van der Waals surface area contributed by atoms with Gasteiger partial charge in [0.2, 0.25) is 0 Å². The second kappa shape index (κ2) is 5.97. The van der Waals surface area contributed by atoms with E-state index in [4.69, 9.17) is 0 Å². The number of likely N-dealkylation sites (tertiary alicyclic amines) is 1. The minimum absolute atomic E-state index is 0.0544. The maximum atomic E-state index is 12.7. The molecule has 9 heteroatoms. The Labute approximate surface area is 146 Å². The highest BCUT2D eigenvalue weighted by molar-refractivity contribution is 9.10. The molecule has 4 heterocycles. The van der Waals surface area contributed by atoms with Crippen molar-refractivity contribution in [3.05, 3.63) is 40.3 Å². The molecule has 0 saturated carbocycles. The standard InChI is InChI=1S/C15H16BrN7O/c1-9-18-14(20-19-9)10-2-4-22(5-3-10)15(24)12-6-13-17-7-11(16)8-23(13)21-12/h6-8,10H,2-5H2,1H3,(H,18,19,20). The molecule has 0 bridgehead atoms. The van der Waals surface area contributed by atoms with E-state index in [0.29, 0.717) is 30.3 Å². The summed E-state index contributed by atoms with van der Waals surface area (Å²) in [4.78, 5) is 23.2. The lowest BCUT2D eigenvalue weighted by Gasteiger charge is -2.30. The van der Waals surface area contributed by atoms with Crippen molar-refractivity contribution < 1.29 is 4.79 Å². The Hall–Kier alpha value is -2.29. The van der Waals surface area contributed by atoms with Crippen LogP contribution < -0.4 is 0 Å². The molecule has 1 saturated heterocycles. The van der Waals surface area contributed by atoms with E-state index >= 15 is 0 Å². The number of nitrogens with one attached hydrogen (secondary N) is 1. The average Bonchev–Trinajstić information content (AvgIpc) is 3.20. The fraction of sp³-hybridized carbons (Fsp3) is 0.400. The first-order valence-corrected chi connectivity index (χ1v) is 8.58. The highest BCUT2D eigenvalue weighted by Gasteiger charge is 2.27. The highest BCUT2D eigenvalue weighted by Crippen LogP contribution is 2.26. The molecule has 4 rings (SSSR count). The Kier molecular flexibility index (Phi) is 3.79. The molecule has 1 fully saturated rings. The molecular weight excluding hydrogens is 374 g/mol. The SMILES string of the molecule is Cc1nc(C2CCN(C(=O)c3cc4ncc(Br)cn4n3)CC2)n[nH]1. The molecule has 24 heavy (non-hydrogen) atoms. The van der Waals surface area contributed by atoms with Crippen molar-refractivity contribution in [2.75, 3.05) is 13.1 Å². The quantitative estimate of drug-likeness (QED) is 0.722. The summed E-state index contributed by atoms with van der Waals surface area (Å²) in [5.74, 6) is 1.92. The highest BCUT2D eigenvalue weighted by atomic mass is 79.9. The van der Waals surface area contributed by atoms with Crippen molar-refractivity contribution in [3.8, 4) is 0 Å². The minimum atomic E-state index is -0.0544. The van der Waals surface area contributed by atoms with Gasteiger partial charge in [0.15, 0.2) is 17.2 Å². The largest absolute Gasteiger partial charge is 0.337 e. The van der Waals surface area contributed by atoms with Crippen LogP contribution in [0.1, 0.15) is 40.9 Å². The van der Waals surface area contributed by atoms with Gasteiger partial charge in [0, 0.05) is 37.5 Å². The third-order valence-corrected chi connectivity index (χ3v) is 4.67. The van der Waals surface area contributed by atoms with E-state index in [1.807, 2.05) is 11.8 Å². The van der Waals surface area contributed by atoms with Crippen LogP contribution in [0.25, 0.3) is 5.65 Å². The molecule has 0 atom stereocenters. The molecular formula is C15H16BrN7O. The van der Waals surface area contributed by atoms with Crippen molar-refractivity contribution >= 4 is 27.5 Å². The minimum Gasteiger partial charge on any atom is -0.337 e. The number of nitrogens with zero attached hydrogens (tertiary/aromatic N) is 6. The van der Waals surface area contributed by atoms with Crippen molar-refractivity contribution in [1.29, 1.82) is 0 Å². The van der Waals surface area contributed by atoms with Crippen LogP contribution in [0.4, 0.5) is 0 Å². The van der Waals surface area contributed by atoms with Gasteiger partial charge >= 0.3 is 0 Å². The van der Waals surface area contributed by atoms with E-state index in [1.165, 1.54) is 0 Å².